The minimum absolute atomic E-state index is 0.584. The molecule has 24 heavy (non-hydrogen) atoms. The number of thiocarbonyl (C=S) groups is 1. The van der Waals surface area contributed by atoms with Crippen molar-refractivity contribution < 1.29 is 14.2 Å². The van der Waals surface area contributed by atoms with E-state index in [0.717, 1.165) is 41.5 Å². The number of ether oxygens (including phenoxy) is 3. The fourth-order valence-corrected chi connectivity index (χ4v) is 2.43. The summed E-state index contributed by atoms with van der Waals surface area (Å²) in [7, 11) is 4.90. The van der Waals surface area contributed by atoms with E-state index in [9.17, 15) is 0 Å². The first-order chi connectivity index (χ1) is 11.7. The van der Waals surface area contributed by atoms with E-state index in [1.165, 1.54) is 0 Å². The zero-order valence-electron chi connectivity index (χ0n) is 14.1. The standard InChI is InChI=1S/C18H22N2O3S/c1-21-15-7-5-14(6-8-15)20-18(24)19-11-10-13-4-9-16(22-2)17(12-13)23-3/h4-9,12H,10-11H2,1-3H3,(H2,19,20,24). The second-order valence-electron chi connectivity index (χ2n) is 5.05. The zero-order valence-corrected chi connectivity index (χ0v) is 14.9. The van der Waals surface area contributed by atoms with Crippen molar-refractivity contribution in [2.75, 3.05) is 33.2 Å². The summed E-state index contributed by atoms with van der Waals surface area (Å²) < 4.78 is 15.7. The minimum Gasteiger partial charge on any atom is -0.497 e. The predicted octanol–water partition coefficient (Wildman–Crippen LogP) is 3.24. The molecule has 2 N–H and O–H groups in total. The maximum absolute atomic E-state index is 5.31. The molecule has 0 heterocycles. The van der Waals surface area contributed by atoms with Gasteiger partial charge in [0.1, 0.15) is 5.75 Å². The number of benzene rings is 2. The molecule has 0 saturated heterocycles. The maximum Gasteiger partial charge on any atom is 0.170 e. The van der Waals surface area contributed by atoms with Crippen LogP contribution in [0.15, 0.2) is 42.5 Å². The molecule has 0 aromatic heterocycles. The lowest BCUT2D eigenvalue weighted by Gasteiger charge is -2.12. The summed E-state index contributed by atoms with van der Waals surface area (Å²) in [5.41, 5.74) is 2.06. The molecule has 6 heteroatoms. The quantitative estimate of drug-likeness (QED) is 0.751. The van der Waals surface area contributed by atoms with Gasteiger partial charge in [-0.2, -0.15) is 0 Å². The van der Waals surface area contributed by atoms with Gasteiger partial charge in [-0.3, -0.25) is 0 Å². The van der Waals surface area contributed by atoms with Crippen molar-refractivity contribution in [2.45, 2.75) is 6.42 Å². The molecule has 0 atom stereocenters. The van der Waals surface area contributed by atoms with Gasteiger partial charge in [0.25, 0.3) is 0 Å². The molecule has 5 nitrogen and oxygen atoms in total. The highest BCUT2D eigenvalue weighted by atomic mass is 32.1. The van der Waals surface area contributed by atoms with Gasteiger partial charge in [0.05, 0.1) is 21.3 Å². The zero-order chi connectivity index (χ0) is 17.4. The van der Waals surface area contributed by atoms with Crippen LogP contribution >= 0.6 is 12.2 Å². The largest absolute Gasteiger partial charge is 0.497 e. The molecule has 128 valence electrons. The van der Waals surface area contributed by atoms with Crippen molar-refractivity contribution in [3.8, 4) is 17.2 Å². The first-order valence-electron chi connectivity index (χ1n) is 7.56. The summed E-state index contributed by atoms with van der Waals surface area (Å²) >= 11 is 5.30. The Kier molecular flexibility index (Phi) is 6.69. The van der Waals surface area contributed by atoms with Crippen molar-refractivity contribution in [1.82, 2.24) is 5.32 Å². The van der Waals surface area contributed by atoms with Crippen molar-refractivity contribution in [3.63, 3.8) is 0 Å². The van der Waals surface area contributed by atoms with E-state index < -0.39 is 0 Å². The van der Waals surface area contributed by atoms with Crippen LogP contribution in [0.2, 0.25) is 0 Å². The fourth-order valence-electron chi connectivity index (χ4n) is 2.21. The van der Waals surface area contributed by atoms with Gasteiger partial charge in [-0.15, -0.1) is 0 Å². The molecule has 2 aromatic rings. The number of rotatable bonds is 7. The van der Waals surface area contributed by atoms with E-state index in [4.69, 9.17) is 26.4 Å². The lowest BCUT2D eigenvalue weighted by atomic mass is 10.1. The minimum atomic E-state index is 0.584. The Balaban J connectivity index is 1.81. The van der Waals surface area contributed by atoms with Crippen molar-refractivity contribution in [2.24, 2.45) is 0 Å². The highest BCUT2D eigenvalue weighted by Crippen LogP contribution is 2.27. The number of anilines is 1. The molecule has 0 bridgehead atoms. The van der Waals surface area contributed by atoms with Crippen LogP contribution in [0.4, 0.5) is 5.69 Å². The van der Waals surface area contributed by atoms with Crippen molar-refractivity contribution >= 4 is 23.0 Å². The monoisotopic (exact) mass is 346 g/mol. The van der Waals surface area contributed by atoms with Gasteiger partial charge in [-0.05, 0) is 60.6 Å². The number of methoxy groups -OCH3 is 3. The molecular weight excluding hydrogens is 324 g/mol. The molecule has 0 spiro atoms. The van der Waals surface area contributed by atoms with Crippen LogP contribution in [-0.4, -0.2) is 33.0 Å². The SMILES string of the molecule is COc1ccc(NC(=S)NCCc2ccc(OC)c(OC)c2)cc1. The Hall–Kier alpha value is -2.47. The van der Waals surface area contributed by atoms with Gasteiger partial charge in [0.15, 0.2) is 16.6 Å². The molecule has 0 aliphatic carbocycles. The Labute approximate surface area is 147 Å². The van der Waals surface area contributed by atoms with Gasteiger partial charge in [-0.1, -0.05) is 6.07 Å². The van der Waals surface area contributed by atoms with Gasteiger partial charge in [0.2, 0.25) is 0 Å². The van der Waals surface area contributed by atoms with Crippen LogP contribution in [-0.2, 0) is 6.42 Å². The predicted molar refractivity (Wildman–Crippen MR) is 100 cm³/mol. The Morgan fingerprint density at radius 2 is 1.62 bits per heavy atom. The van der Waals surface area contributed by atoms with Crippen LogP contribution in [0.1, 0.15) is 5.56 Å². The fraction of sp³-hybridized carbons (Fsp3) is 0.278. The van der Waals surface area contributed by atoms with Crippen LogP contribution in [0, 0.1) is 0 Å². The molecular formula is C18H22N2O3S. The summed E-state index contributed by atoms with van der Waals surface area (Å²) in [4.78, 5) is 0. The Morgan fingerprint density at radius 3 is 2.25 bits per heavy atom. The first kappa shape index (κ1) is 17.9. The van der Waals surface area contributed by atoms with Gasteiger partial charge in [-0.25, -0.2) is 0 Å². The van der Waals surface area contributed by atoms with Crippen molar-refractivity contribution in [3.05, 3.63) is 48.0 Å². The van der Waals surface area contributed by atoms with E-state index in [0.29, 0.717) is 5.11 Å². The molecule has 0 radical (unpaired) electrons. The molecule has 2 rings (SSSR count). The second-order valence-corrected chi connectivity index (χ2v) is 5.46. The lowest BCUT2D eigenvalue weighted by molar-refractivity contribution is 0.354. The van der Waals surface area contributed by atoms with Crippen molar-refractivity contribution in [1.29, 1.82) is 0 Å². The number of hydrogen-bond acceptors (Lipinski definition) is 4. The molecule has 0 unspecified atom stereocenters. The van der Waals surface area contributed by atoms with E-state index >= 15 is 0 Å². The van der Waals surface area contributed by atoms with E-state index in [-0.39, 0.29) is 0 Å². The van der Waals surface area contributed by atoms with Gasteiger partial charge in [0, 0.05) is 12.2 Å². The molecule has 0 saturated carbocycles. The maximum atomic E-state index is 5.31. The van der Waals surface area contributed by atoms with E-state index in [2.05, 4.69) is 10.6 Å². The number of nitrogens with one attached hydrogen (secondary N) is 2. The Morgan fingerprint density at radius 1 is 0.917 bits per heavy atom. The third-order valence-electron chi connectivity index (χ3n) is 3.50. The topological polar surface area (TPSA) is 51.8 Å². The molecule has 2 aromatic carbocycles. The third-order valence-corrected chi connectivity index (χ3v) is 3.74. The summed E-state index contributed by atoms with van der Waals surface area (Å²) in [5.74, 6) is 2.27. The first-order valence-corrected chi connectivity index (χ1v) is 7.97. The summed E-state index contributed by atoms with van der Waals surface area (Å²) in [6.07, 6.45) is 0.824. The molecule has 0 amide bonds. The molecule has 0 aliphatic rings. The van der Waals surface area contributed by atoms with Crippen LogP contribution < -0.4 is 24.8 Å². The summed E-state index contributed by atoms with van der Waals surface area (Å²) in [6.45, 7) is 0.720. The molecule has 0 aliphatic heterocycles. The highest BCUT2D eigenvalue weighted by molar-refractivity contribution is 7.80. The lowest BCUT2D eigenvalue weighted by Crippen LogP contribution is -2.30. The van der Waals surface area contributed by atoms with Gasteiger partial charge >= 0.3 is 0 Å². The average molecular weight is 346 g/mol. The van der Waals surface area contributed by atoms with Gasteiger partial charge < -0.3 is 24.8 Å². The van der Waals surface area contributed by atoms with E-state index in [1.807, 2.05) is 42.5 Å². The summed E-state index contributed by atoms with van der Waals surface area (Å²) in [5, 5.41) is 6.92. The highest BCUT2D eigenvalue weighted by Gasteiger charge is 2.05. The van der Waals surface area contributed by atoms with E-state index in [1.54, 1.807) is 21.3 Å². The average Bonchev–Trinajstić information content (AvgIpc) is 2.62. The van der Waals surface area contributed by atoms with Crippen LogP contribution in [0.25, 0.3) is 0 Å². The second kappa shape index (κ2) is 8.98. The van der Waals surface area contributed by atoms with Crippen LogP contribution in [0.3, 0.4) is 0 Å². The van der Waals surface area contributed by atoms with Crippen LogP contribution in [0.5, 0.6) is 17.2 Å². The summed E-state index contributed by atoms with van der Waals surface area (Å²) in [6, 6.07) is 13.5. The Bertz CT molecular complexity index is 674. The molecule has 0 fully saturated rings. The third kappa shape index (κ3) is 5.03. The smallest absolute Gasteiger partial charge is 0.170 e. The number of hydrogen-bond donors (Lipinski definition) is 2. The normalized spacial score (nSPS) is 9.96.